The average molecular weight is 260 g/mol. The molecule has 0 bridgehead atoms. The highest BCUT2D eigenvalue weighted by atomic mass is 19.1. The molecule has 0 radical (unpaired) electrons. The number of hydrogen-bond donors (Lipinski definition) is 2. The Bertz CT molecular complexity index is 696. The Labute approximate surface area is 109 Å². The van der Waals surface area contributed by atoms with Crippen LogP contribution in [-0.4, -0.2) is 15.1 Å². The molecule has 98 valence electrons. The van der Waals surface area contributed by atoms with Crippen molar-refractivity contribution in [2.45, 2.75) is 19.3 Å². The van der Waals surface area contributed by atoms with E-state index in [0.29, 0.717) is 11.7 Å². The standard InChI is InChI=1S/C14H13FN2O2/c1-7-6-9(7)12-16-13(18)11(14(19)17-12)8-4-2-3-5-10(8)15/h2-5,7,9H,6H2,1H3,(H2,16,17,18,19). The van der Waals surface area contributed by atoms with Crippen molar-refractivity contribution in [3.05, 3.63) is 46.3 Å². The Hall–Kier alpha value is -2.17. The number of rotatable bonds is 2. The Morgan fingerprint density at radius 1 is 1.42 bits per heavy atom. The normalized spacial score (nSPS) is 21.4. The van der Waals surface area contributed by atoms with Gasteiger partial charge >= 0.3 is 0 Å². The number of aromatic nitrogens is 2. The van der Waals surface area contributed by atoms with Gasteiger partial charge in [0.1, 0.15) is 17.2 Å². The zero-order chi connectivity index (χ0) is 13.6. The predicted molar refractivity (Wildman–Crippen MR) is 68.4 cm³/mol. The molecular weight excluding hydrogens is 247 g/mol. The monoisotopic (exact) mass is 260 g/mol. The number of nitrogens with one attached hydrogen (secondary N) is 1. The van der Waals surface area contributed by atoms with Crippen molar-refractivity contribution in [2.75, 3.05) is 0 Å². The van der Waals surface area contributed by atoms with Crippen LogP contribution < -0.4 is 5.56 Å². The molecule has 1 heterocycles. The third-order valence-electron chi connectivity index (χ3n) is 3.52. The van der Waals surface area contributed by atoms with Gasteiger partial charge in [0.25, 0.3) is 5.56 Å². The molecule has 0 amide bonds. The van der Waals surface area contributed by atoms with Crippen LogP contribution in [0.3, 0.4) is 0 Å². The molecule has 3 rings (SSSR count). The van der Waals surface area contributed by atoms with E-state index >= 15 is 0 Å². The lowest BCUT2D eigenvalue weighted by Gasteiger charge is -2.06. The molecule has 0 aliphatic heterocycles. The van der Waals surface area contributed by atoms with E-state index in [-0.39, 0.29) is 17.0 Å². The van der Waals surface area contributed by atoms with Crippen molar-refractivity contribution in [2.24, 2.45) is 5.92 Å². The van der Waals surface area contributed by atoms with Gasteiger partial charge in [0.15, 0.2) is 0 Å². The lowest BCUT2D eigenvalue weighted by atomic mass is 10.1. The summed E-state index contributed by atoms with van der Waals surface area (Å²) in [6.45, 7) is 2.05. The summed E-state index contributed by atoms with van der Waals surface area (Å²) in [7, 11) is 0. The fraction of sp³-hybridized carbons (Fsp3) is 0.286. The minimum atomic E-state index is -0.558. The van der Waals surface area contributed by atoms with E-state index in [1.165, 1.54) is 18.2 Å². The van der Waals surface area contributed by atoms with Crippen molar-refractivity contribution >= 4 is 0 Å². The van der Waals surface area contributed by atoms with E-state index in [4.69, 9.17) is 0 Å². The van der Waals surface area contributed by atoms with E-state index in [1.807, 2.05) is 6.92 Å². The maximum absolute atomic E-state index is 13.7. The summed E-state index contributed by atoms with van der Waals surface area (Å²) in [4.78, 5) is 18.7. The van der Waals surface area contributed by atoms with Crippen LogP contribution in [0.1, 0.15) is 25.1 Å². The number of H-pyrrole nitrogens is 1. The van der Waals surface area contributed by atoms with Crippen LogP contribution in [0.2, 0.25) is 0 Å². The summed E-state index contributed by atoms with van der Waals surface area (Å²) >= 11 is 0. The molecule has 2 N–H and O–H groups in total. The molecule has 2 atom stereocenters. The van der Waals surface area contributed by atoms with Crippen molar-refractivity contribution < 1.29 is 9.50 Å². The van der Waals surface area contributed by atoms with E-state index < -0.39 is 17.3 Å². The van der Waals surface area contributed by atoms with Crippen molar-refractivity contribution in [3.8, 4) is 17.0 Å². The van der Waals surface area contributed by atoms with E-state index in [0.717, 1.165) is 6.42 Å². The van der Waals surface area contributed by atoms with Crippen molar-refractivity contribution in [1.29, 1.82) is 0 Å². The number of aromatic hydroxyl groups is 1. The topological polar surface area (TPSA) is 66.0 Å². The van der Waals surface area contributed by atoms with Crippen LogP contribution >= 0.6 is 0 Å². The number of aromatic amines is 1. The fourth-order valence-electron chi connectivity index (χ4n) is 2.26. The molecule has 1 saturated carbocycles. The lowest BCUT2D eigenvalue weighted by Crippen LogP contribution is -2.14. The van der Waals surface area contributed by atoms with E-state index in [2.05, 4.69) is 9.97 Å². The zero-order valence-electron chi connectivity index (χ0n) is 10.4. The first-order chi connectivity index (χ1) is 9.08. The second kappa shape index (κ2) is 4.19. The molecule has 19 heavy (non-hydrogen) atoms. The summed E-state index contributed by atoms with van der Waals surface area (Å²) in [5.74, 6) is 0.158. The second-order valence-electron chi connectivity index (χ2n) is 4.95. The zero-order valence-corrected chi connectivity index (χ0v) is 10.4. The largest absolute Gasteiger partial charge is 0.493 e. The predicted octanol–water partition coefficient (Wildman–Crippen LogP) is 2.40. The molecule has 0 spiro atoms. The van der Waals surface area contributed by atoms with Gasteiger partial charge in [-0.2, -0.15) is 4.98 Å². The molecule has 1 aromatic carbocycles. The van der Waals surface area contributed by atoms with Crippen LogP contribution in [0.15, 0.2) is 29.1 Å². The van der Waals surface area contributed by atoms with E-state index in [9.17, 15) is 14.3 Å². The van der Waals surface area contributed by atoms with Crippen LogP contribution in [0.4, 0.5) is 4.39 Å². The Morgan fingerprint density at radius 2 is 2.11 bits per heavy atom. The molecule has 1 fully saturated rings. The fourth-order valence-corrected chi connectivity index (χ4v) is 2.26. The van der Waals surface area contributed by atoms with Crippen LogP contribution in [0.25, 0.3) is 11.1 Å². The highest BCUT2D eigenvalue weighted by molar-refractivity contribution is 5.67. The number of benzene rings is 1. The van der Waals surface area contributed by atoms with Crippen LogP contribution in [0.5, 0.6) is 5.88 Å². The number of hydrogen-bond acceptors (Lipinski definition) is 3. The first-order valence-corrected chi connectivity index (χ1v) is 6.16. The van der Waals surface area contributed by atoms with Gasteiger partial charge in [-0.3, -0.25) is 4.79 Å². The summed E-state index contributed by atoms with van der Waals surface area (Å²) in [5.41, 5.74) is -0.564. The molecule has 0 saturated heterocycles. The Morgan fingerprint density at radius 3 is 2.68 bits per heavy atom. The van der Waals surface area contributed by atoms with Crippen molar-refractivity contribution in [3.63, 3.8) is 0 Å². The summed E-state index contributed by atoms with van der Waals surface area (Å²) in [6, 6.07) is 5.82. The molecule has 2 aromatic rings. The van der Waals surface area contributed by atoms with Gasteiger partial charge < -0.3 is 10.1 Å². The van der Waals surface area contributed by atoms with Gasteiger partial charge in [-0.25, -0.2) is 4.39 Å². The quantitative estimate of drug-likeness (QED) is 0.871. The molecule has 1 aliphatic rings. The first-order valence-electron chi connectivity index (χ1n) is 6.16. The minimum absolute atomic E-state index is 0.0594. The first kappa shape index (κ1) is 11.9. The Balaban J connectivity index is 2.13. The molecule has 5 heteroatoms. The summed E-state index contributed by atoms with van der Waals surface area (Å²) < 4.78 is 13.7. The summed E-state index contributed by atoms with van der Waals surface area (Å²) in [6.07, 6.45) is 0.946. The molecule has 4 nitrogen and oxygen atoms in total. The molecule has 1 aromatic heterocycles. The van der Waals surface area contributed by atoms with Gasteiger partial charge in [-0.15, -0.1) is 0 Å². The van der Waals surface area contributed by atoms with Gasteiger partial charge in [0, 0.05) is 11.5 Å². The SMILES string of the molecule is CC1CC1c1nc(O)c(-c2ccccc2F)c(=O)[nH]1. The smallest absolute Gasteiger partial charge is 0.262 e. The van der Waals surface area contributed by atoms with E-state index in [1.54, 1.807) is 6.07 Å². The van der Waals surface area contributed by atoms with Gasteiger partial charge in [-0.1, -0.05) is 25.1 Å². The molecular formula is C14H13FN2O2. The van der Waals surface area contributed by atoms with Gasteiger partial charge in [0.2, 0.25) is 5.88 Å². The van der Waals surface area contributed by atoms with Crippen LogP contribution in [-0.2, 0) is 0 Å². The third-order valence-corrected chi connectivity index (χ3v) is 3.52. The van der Waals surface area contributed by atoms with Crippen LogP contribution in [0, 0.1) is 11.7 Å². The number of halogens is 1. The maximum Gasteiger partial charge on any atom is 0.262 e. The minimum Gasteiger partial charge on any atom is -0.493 e. The summed E-state index contributed by atoms with van der Waals surface area (Å²) in [5, 5.41) is 9.92. The third kappa shape index (κ3) is 2.01. The second-order valence-corrected chi connectivity index (χ2v) is 4.95. The van der Waals surface area contributed by atoms with Gasteiger partial charge in [0.05, 0.1) is 0 Å². The Kier molecular flexibility index (Phi) is 2.62. The highest BCUT2D eigenvalue weighted by Crippen LogP contribution is 2.45. The van der Waals surface area contributed by atoms with Crippen molar-refractivity contribution in [1.82, 2.24) is 9.97 Å². The highest BCUT2D eigenvalue weighted by Gasteiger charge is 2.37. The maximum atomic E-state index is 13.7. The average Bonchev–Trinajstić information content (AvgIpc) is 3.08. The van der Waals surface area contributed by atoms with Gasteiger partial charge in [-0.05, 0) is 18.4 Å². The molecule has 1 aliphatic carbocycles. The number of nitrogens with zero attached hydrogens (tertiary/aromatic N) is 1. The molecule has 2 unspecified atom stereocenters. The lowest BCUT2D eigenvalue weighted by molar-refractivity contribution is 0.449.